The number of ether oxygens (including phenoxy) is 1. The van der Waals surface area contributed by atoms with Crippen molar-refractivity contribution in [2.45, 2.75) is 25.9 Å². The van der Waals surface area contributed by atoms with Gasteiger partial charge in [0.25, 0.3) is 0 Å². The summed E-state index contributed by atoms with van der Waals surface area (Å²) >= 11 is 0. The van der Waals surface area contributed by atoms with Gasteiger partial charge in [-0.15, -0.1) is 0 Å². The summed E-state index contributed by atoms with van der Waals surface area (Å²) < 4.78 is 18.5. The molecule has 0 aromatic heterocycles. The molecule has 0 spiro atoms. The molecule has 1 aromatic rings. The van der Waals surface area contributed by atoms with Crippen molar-refractivity contribution in [3.8, 4) is 5.75 Å². The Morgan fingerprint density at radius 2 is 2.19 bits per heavy atom. The minimum Gasteiger partial charge on any atom is -0.490 e. The van der Waals surface area contributed by atoms with E-state index < -0.39 is 11.4 Å². The predicted octanol–water partition coefficient (Wildman–Crippen LogP) is 1.61. The second kappa shape index (κ2) is 5.27. The van der Waals surface area contributed by atoms with Crippen molar-refractivity contribution in [2.75, 3.05) is 13.2 Å². The molecule has 0 aliphatic heterocycles. The van der Waals surface area contributed by atoms with Gasteiger partial charge in [-0.2, -0.15) is 0 Å². The number of benzene rings is 1. The van der Waals surface area contributed by atoms with E-state index in [0.29, 0.717) is 6.42 Å². The van der Waals surface area contributed by atoms with E-state index in [1.807, 2.05) is 6.92 Å². The Kier molecular flexibility index (Phi) is 4.26. The van der Waals surface area contributed by atoms with Crippen LogP contribution in [0.3, 0.4) is 0 Å². The van der Waals surface area contributed by atoms with E-state index in [9.17, 15) is 9.50 Å². The molecule has 0 saturated carbocycles. The van der Waals surface area contributed by atoms with Crippen LogP contribution in [0, 0.1) is 12.7 Å². The molecule has 0 aliphatic carbocycles. The molecular formula is C12H18FNO2. The van der Waals surface area contributed by atoms with Gasteiger partial charge in [0.2, 0.25) is 0 Å². The molecule has 0 radical (unpaired) electrons. The lowest BCUT2D eigenvalue weighted by Gasteiger charge is -2.20. The minimum absolute atomic E-state index is 0.159. The first-order valence-electron chi connectivity index (χ1n) is 5.26. The molecule has 0 bridgehead atoms. The third-order valence-electron chi connectivity index (χ3n) is 2.42. The average molecular weight is 227 g/mol. The Balaban J connectivity index is 2.52. The zero-order valence-electron chi connectivity index (χ0n) is 9.66. The number of hydrogen-bond acceptors (Lipinski definition) is 3. The van der Waals surface area contributed by atoms with Crippen molar-refractivity contribution >= 4 is 0 Å². The number of aryl methyl sites for hydroxylation is 1. The van der Waals surface area contributed by atoms with Crippen molar-refractivity contribution in [2.24, 2.45) is 5.73 Å². The fourth-order valence-corrected chi connectivity index (χ4v) is 1.20. The summed E-state index contributed by atoms with van der Waals surface area (Å²) in [4.78, 5) is 0. The molecule has 16 heavy (non-hydrogen) atoms. The summed E-state index contributed by atoms with van der Waals surface area (Å²) in [6, 6.07) is 4.68. The fourth-order valence-electron chi connectivity index (χ4n) is 1.20. The lowest BCUT2D eigenvalue weighted by atomic mass is 10.0. The van der Waals surface area contributed by atoms with Gasteiger partial charge in [0, 0.05) is 13.0 Å². The molecule has 0 amide bonds. The standard InChI is InChI=1S/C12H18FNO2/c1-9-3-4-10(13)11(7-9)16-6-5-12(2,15)8-14/h3-4,7,15H,5-6,8,14H2,1-2H3. The van der Waals surface area contributed by atoms with Gasteiger partial charge in [0.05, 0.1) is 12.2 Å². The third kappa shape index (κ3) is 3.79. The predicted molar refractivity (Wildman–Crippen MR) is 60.9 cm³/mol. The molecule has 0 aliphatic rings. The summed E-state index contributed by atoms with van der Waals surface area (Å²) in [5.74, 6) is -0.175. The van der Waals surface area contributed by atoms with Gasteiger partial charge in [-0.3, -0.25) is 0 Å². The molecule has 0 heterocycles. The maximum atomic E-state index is 13.3. The van der Waals surface area contributed by atoms with Gasteiger partial charge in [-0.1, -0.05) is 6.07 Å². The molecule has 1 aromatic carbocycles. The Hall–Kier alpha value is -1.13. The van der Waals surface area contributed by atoms with E-state index in [0.717, 1.165) is 5.56 Å². The smallest absolute Gasteiger partial charge is 0.165 e. The van der Waals surface area contributed by atoms with Gasteiger partial charge in [-0.25, -0.2) is 4.39 Å². The normalized spacial score (nSPS) is 14.6. The number of nitrogens with two attached hydrogens (primary N) is 1. The topological polar surface area (TPSA) is 55.5 Å². The molecule has 0 fully saturated rings. The largest absolute Gasteiger partial charge is 0.490 e. The van der Waals surface area contributed by atoms with Crippen molar-refractivity contribution < 1.29 is 14.2 Å². The van der Waals surface area contributed by atoms with Crippen LogP contribution in [0.5, 0.6) is 5.75 Å². The summed E-state index contributed by atoms with van der Waals surface area (Å²) in [6.07, 6.45) is 0.372. The molecule has 3 N–H and O–H groups in total. The summed E-state index contributed by atoms with van der Waals surface area (Å²) in [5.41, 5.74) is 5.33. The highest BCUT2D eigenvalue weighted by molar-refractivity contribution is 5.29. The molecule has 1 atom stereocenters. The van der Waals surface area contributed by atoms with E-state index in [2.05, 4.69) is 0 Å². The monoisotopic (exact) mass is 227 g/mol. The van der Waals surface area contributed by atoms with Crippen LogP contribution in [0.4, 0.5) is 4.39 Å². The zero-order chi connectivity index (χ0) is 12.2. The Labute approximate surface area is 95.0 Å². The second-order valence-corrected chi connectivity index (χ2v) is 4.23. The molecule has 0 saturated heterocycles. The molecule has 4 heteroatoms. The first-order valence-corrected chi connectivity index (χ1v) is 5.26. The molecule has 1 rings (SSSR count). The zero-order valence-corrected chi connectivity index (χ0v) is 9.66. The molecule has 90 valence electrons. The molecule has 1 unspecified atom stereocenters. The van der Waals surface area contributed by atoms with Crippen LogP contribution in [0.15, 0.2) is 18.2 Å². The number of rotatable bonds is 5. The lowest BCUT2D eigenvalue weighted by molar-refractivity contribution is 0.0448. The highest BCUT2D eigenvalue weighted by Crippen LogP contribution is 2.19. The summed E-state index contributed by atoms with van der Waals surface area (Å²) in [5, 5.41) is 9.63. The Morgan fingerprint density at radius 3 is 2.81 bits per heavy atom. The summed E-state index contributed by atoms with van der Waals surface area (Å²) in [7, 11) is 0. The van der Waals surface area contributed by atoms with Crippen LogP contribution in [0.2, 0.25) is 0 Å². The van der Waals surface area contributed by atoms with Crippen molar-refractivity contribution in [1.82, 2.24) is 0 Å². The average Bonchev–Trinajstić information content (AvgIpc) is 2.23. The number of halogens is 1. The third-order valence-corrected chi connectivity index (χ3v) is 2.42. The van der Waals surface area contributed by atoms with E-state index >= 15 is 0 Å². The highest BCUT2D eigenvalue weighted by atomic mass is 19.1. The highest BCUT2D eigenvalue weighted by Gasteiger charge is 2.18. The van der Waals surface area contributed by atoms with Gasteiger partial charge in [-0.05, 0) is 31.5 Å². The van der Waals surface area contributed by atoms with Crippen molar-refractivity contribution in [3.63, 3.8) is 0 Å². The number of hydrogen-bond donors (Lipinski definition) is 2. The maximum absolute atomic E-state index is 13.3. The van der Waals surface area contributed by atoms with Crippen LogP contribution in [-0.2, 0) is 0 Å². The van der Waals surface area contributed by atoms with E-state index in [1.165, 1.54) is 6.07 Å². The van der Waals surface area contributed by atoms with Crippen LogP contribution >= 0.6 is 0 Å². The Morgan fingerprint density at radius 1 is 1.50 bits per heavy atom. The first kappa shape index (κ1) is 12.9. The summed E-state index contributed by atoms with van der Waals surface area (Å²) in [6.45, 7) is 3.89. The second-order valence-electron chi connectivity index (χ2n) is 4.23. The van der Waals surface area contributed by atoms with Gasteiger partial charge >= 0.3 is 0 Å². The SMILES string of the molecule is Cc1ccc(F)c(OCCC(C)(O)CN)c1. The van der Waals surface area contributed by atoms with E-state index in [-0.39, 0.29) is 18.9 Å². The lowest BCUT2D eigenvalue weighted by Crippen LogP contribution is -2.35. The van der Waals surface area contributed by atoms with Gasteiger partial charge in [0.15, 0.2) is 11.6 Å². The van der Waals surface area contributed by atoms with Crippen LogP contribution in [0.25, 0.3) is 0 Å². The van der Waals surface area contributed by atoms with Crippen LogP contribution in [0.1, 0.15) is 18.9 Å². The van der Waals surface area contributed by atoms with Crippen LogP contribution in [-0.4, -0.2) is 23.9 Å². The molecular weight excluding hydrogens is 209 g/mol. The first-order chi connectivity index (χ1) is 7.44. The minimum atomic E-state index is -0.958. The van der Waals surface area contributed by atoms with Gasteiger partial charge in [0.1, 0.15) is 0 Å². The fraction of sp³-hybridized carbons (Fsp3) is 0.500. The van der Waals surface area contributed by atoms with Gasteiger partial charge < -0.3 is 15.6 Å². The van der Waals surface area contributed by atoms with E-state index in [1.54, 1.807) is 19.1 Å². The van der Waals surface area contributed by atoms with Crippen molar-refractivity contribution in [3.05, 3.63) is 29.6 Å². The Bertz CT molecular complexity index is 353. The number of aliphatic hydroxyl groups is 1. The maximum Gasteiger partial charge on any atom is 0.165 e. The van der Waals surface area contributed by atoms with Crippen molar-refractivity contribution in [1.29, 1.82) is 0 Å². The van der Waals surface area contributed by atoms with Crippen LogP contribution < -0.4 is 10.5 Å². The van der Waals surface area contributed by atoms with E-state index in [4.69, 9.17) is 10.5 Å². The quantitative estimate of drug-likeness (QED) is 0.803. The molecule has 3 nitrogen and oxygen atoms in total.